The number of furan rings is 1. The molecular formula is C19H20N4O2. The molecule has 0 spiro atoms. The lowest BCUT2D eigenvalue weighted by atomic mass is 10.1. The zero-order valence-corrected chi connectivity index (χ0v) is 14.2. The molecule has 2 N–H and O–H groups in total. The third-order valence-electron chi connectivity index (χ3n) is 3.74. The number of rotatable bonds is 6. The number of nitrogens with one attached hydrogen (secondary N) is 2. The fourth-order valence-corrected chi connectivity index (χ4v) is 2.44. The van der Waals surface area contributed by atoms with Crippen molar-refractivity contribution >= 4 is 11.9 Å². The molecule has 128 valence electrons. The highest BCUT2D eigenvalue weighted by Crippen LogP contribution is 2.17. The Kier molecular flexibility index (Phi) is 5.09. The molecule has 3 rings (SSSR count). The minimum atomic E-state index is -0.266. The highest BCUT2D eigenvalue weighted by Gasteiger charge is 2.13. The monoisotopic (exact) mass is 336 g/mol. The molecule has 0 radical (unpaired) electrons. The second kappa shape index (κ2) is 7.61. The van der Waals surface area contributed by atoms with Gasteiger partial charge in [-0.2, -0.15) is 0 Å². The van der Waals surface area contributed by atoms with Crippen LogP contribution in [0.2, 0.25) is 0 Å². The summed E-state index contributed by atoms with van der Waals surface area (Å²) in [7, 11) is 0. The molecule has 0 bridgehead atoms. The van der Waals surface area contributed by atoms with E-state index < -0.39 is 0 Å². The van der Waals surface area contributed by atoms with Gasteiger partial charge in [-0.05, 0) is 37.6 Å². The van der Waals surface area contributed by atoms with Crippen LogP contribution in [0.5, 0.6) is 0 Å². The third-order valence-corrected chi connectivity index (χ3v) is 3.74. The number of carbonyl (C=O) groups is 1. The van der Waals surface area contributed by atoms with Gasteiger partial charge in [0.25, 0.3) is 5.91 Å². The number of aryl methyl sites for hydroxylation is 1. The lowest BCUT2D eigenvalue weighted by Crippen LogP contribution is -2.24. The van der Waals surface area contributed by atoms with Crippen LogP contribution in [-0.2, 0) is 6.54 Å². The predicted octanol–water partition coefficient (Wildman–Crippen LogP) is 3.48. The van der Waals surface area contributed by atoms with Crippen LogP contribution >= 0.6 is 0 Å². The van der Waals surface area contributed by atoms with E-state index in [1.807, 2.05) is 44.2 Å². The van der Waals surface area contributed by atoms with Crippen LogP contribution in [0.1, 0.15) is 40.5 Å². The van der Waals surface area contributed by atoms with E-state index in [2.05, 4.69) is 20.6 Å². The first kappa shape index (κ1) is 16.7. The van der Waals surface area contributed by atoms with Crippen molar-refractivity contribution in [1.29, 1.82) is 0 Å². The summed E-state index contributed by atoms with van der Waals surface area (Å²) in [5, 5.41) is 6.03. The Morgan fingerprint density at radius 1 is 1.16 bits per heavy atom. The van der Waals surface area contributed by atoms with Gasteiger partial charge in [-0.15, -0.1) is 0 Å². The normalized spacial score (nSPS) is 11.8. The summed E-state index contributed by atoms with van der Waals surface area (Å²) in [4.78, 5) is 21.0. The SMILES string of the molecule is Cc1cc(C(=O)NCc2ccco2)nc(NC(C)c2ccccc2)n1. The summed E-state index contributed by atoms with van der Waals surface area (Å²) in [6, 6.07) is 15.3. The van der Waals surface area contributed by atoms with Crippen LogP contribution in [-0.4, -0.2) is 15.9 Å². The third kappa shape index (κ3) is 4.44. The van der Waals surface area contributed by atoms with Crippen LogP contribution in [0, 0.1) is 6.92 Å². The van der Waals surface area contributed by atoms with Gasteiger partial charge in [0.2, 0.25) is 5.95 Å². The number of aromatic nitrogens is 2. The Morgan fingerprint density at radius 3 is 2.68 bits per heavy atom. The van der Waals surface area contributed by atoms with Gasteiger partial charge >= 0.3 is 0 Å². The van der Waals surface area contributed by atoms with Gasteiger partial charge < -0.3 is 15.1 Å². The molecule has 6 heteroatoms. The van der Waals surface area contributed by atoms with Crippen molar-refractivity contribution in [2.45, 2.75) is 26.4 Å². The quantitative estimate of drug-likeness (QED) is 0.720. The molecule has 0 saturated heterocycles. The minimum Gasteiger partial charge on any atom is -0.467 e. The molecule has 0 aliphatic carbocycles. The maximum Gasteiger partial charge on any atom is 0.270 e. The van der Waals surface area contributed by atoms with Gasteiger partial charge in [0.1, 0.15) is 11.5 Å². The van der Waals surface area contributed by atoms with Gasteiger partial charge in [-0.25, -0.2) is 9.97 Å². The van der Waals surface area contributed by atoms with Crippen LogP contribution in [0.4, 0.5) is 5.95 Å². The van der Waals surface area contributed by atoms with Crippen molar-refractivity contribution in [3.63, 3.8) is 0 Å². The molecule has 0 fully saturated rings. The lowest BCUT2D eigenvalue weighted by molar-refractivity contribution is 0.0943. The number of carbonyl (C=O) groups excluding carboxylic acids is 1. The molecule has 0 aliphatic heterocycles. The molecule has 3 aromatic rings. The van der Waals surface area contributed by atoms with Crippen molar-refractivity contribution in [3.8, 4) is 0 Å². The van der Waals surface area contributed by atoms with Crippen molar-refractivity contribution < 1.29 is 9.21 Å². The van der Waals surface area contributed by atoms with Gasteiger partial charge in [0.05, 0.1) is 18.8 Å². The van der Waals surface area contributed by atoms with Gasteiger partial charge in [-0.3, -0.25) is 4.79 Å². The standard InChI is InChI=1S/C19H20N4O2/c1-13-11-17(18(24)20-12-16-9-6-10-25-16)23-19(21-13)22-14(2)15-7-4-3-5-8-15/h3-11,14H,12H2,1-2H3,(H,20,24)(H,21,22,23). The van der Waals surface area contributed by atoms with E-state index in [0.29, 0.717) is 23.9 Å². The lowest BCUT2D eigenvalue weighted by Gasteiger charge is -2.15. The number of nitrogens with zero attached hydrogens (tertiary/aromatic N) is 2. The zero-order chi connectivity index (χ0) is 17.6. The molecule has 25 heavy (non-hydrogen) atoms. The van der Waals surface area contributed by atoms with Crippen molar-refractivity contribution in [2.24, 2.45) is 0 Å². The number of hydrogen-bond donors (Lipinski definition) is 2. The molecule has 6 nitrogen and oxygen atoms in total. The average Bonchev–Trinajstić information content (AvgIpc) is 3.13. The van der Waals surface area contributed by atoms with E-state index in [0.717, 1.165) is 11.3 Å². The van der Waals surface area contributed by atoms with E-state index >= 15 is 0 Å². The maximum atomic E-state index is 12.3. The van der Waals surface area contributed by atoms with Gasteiger partial charge in [0, 0.05) is 5.69 Å². The molecule has 0 saturated carbocycles. The second-order valence-electron chi connectivity index (χ2n) is 5.76. The summed E-state index contributed by atoms with van der Waals surface area (Å²) in [5.74, 6) is 0.854. The second-order valence-corrected chi connectivity index (χ2v) is 5.76. The summed E-state index contributed by atoms with van der Waals surface area (Å²) >= 11 is 0. The van der Waals surface area contributed by atoms with Crippen molar-refractivity contribution in [2.75, 3.05) is 5.32 Å². The predicted molar refractivity (Wildman–Crippen MR) is 95.1 cm³/mol. The van der Waals surface area contributed by atoms with Crippen molar-refractivity contribution in [1.82, 2.24) is 15.3 Å². The van der Waals surface area contributed by atoms with E-state index in [-0.39, 0.29) is 11.9 Å². The number of hydrogen-bond acceptors (Lipinski definition) is 5. The first-order chi connectivity index (χ1) is 12.1. The number of amides is 1. The van der Waals surface area contributed by atoms with Crippen LogP contribution in [0.15, 0.2) is 59.2 Å². The van der Waals surface area contributed by atoms with E-state index in [1.54, 1.807) is 24.5 Å². The molecule has 2 heterocycles. The van der Waals surface area contributed by atoms with E-state index in [1.165, 1.54) is 0 Å². The Morgan fingerprint density at radius 2 is 1.96 bits per heavy atom. The first-order valence-corrected chi connectivity index (χ1v) is 8.09. The number of anilines is 1. The van der Waals surface area contributed by atoms with Crippen LogP contribution in [0.3, 0.4) is 0 Å². The molecule has 2 aromatic heterocycles. The average molecular weight is 336 g/mol. The van der Waals surface area contributed by atoms with Crippen molar-refractivity contribution in [3.05, 3.63) is 77.5 Å². The fourth-order valence-electron chi connectivity index (χ4n) is 2.44. The molecule has 1 atom stereocenters. The Hall–Kier alpha value is -3.15. The van der Waals surface area contributed by atoms with E-state index in [9.17, 15) is 4.79 Å². The minimum absolute atomic E-state index is 0.0297. The highest BCUT2D eigenvalue weighted by molar-refractivity contribution is 5.92. The summed E-state index contributed by atoms with van der Waals surface area (Å²) in [6.07, 6.45) is 1.57. The highest BCUT2D eigenvalue weighted by atomic mass is 16.3. The fraction of sp³-hybridized carbons (Fsp3) is 0.211. The van der Waals surface area contributed by atoms with Crippen LogP contribution in [0.25, 0.3) is 0 Å². The summed E-state index contributed by atoms with van der Waals surface area (Å²) < 4.78 is 5.21. The molecule has 1 aromatic carbocycles. The Bertz CT molecular complexity index is 832. The largest absolute Gasteiger partial charge is 0.467 e. The number of benzene rings is 1. The molecular weight excluding hydrogens is 316 g/mol. The molecule has 1 unspecified atom stereocenters. The van der Waals surface area contributed by atoms with E-state index in [4.69, 9.17) is 4.42 Å². The topological polar surface area (TPSA) is 80.0 Å². The summed E-state index contributed by atoms with van der Waals surface area (Å²) in [6.45, 7) is 4.18. The van der Waals surface area contributed by atoms with Gasteiger partial charge in [0.15, 0.2) is 0 Å². The Labute approximate surface area is 146 Å². The van der Waals surface area contributed by atoms with Crippen LogP contribution < -0.4 is 10.6 Å². The Balaban J connectivity index is 1.70. The molecule has 0 aliphatic rings. The summed E-state index contributed by atoms with van der Waals surface area (Å²) in [5.41, 5.74) is 2.17. The zero-order valence-electron chi connectivity index (χ0n) is 14.2. The smallest absolute Gasteiger partial charge is 0.270 e. The van der Waals surface area contributed by atoms with Gasteiger partial charge in [-0.1, -0.05) is 30.3 Å². The first-order valence-electron chi connectivity index (χ1n) is 8.09. The maximum absolute atomic E-state index is 12.3. The molecule has 1 amide bonds.